The molecule has 78 valence electrons. The van der Waals surface area contributed by atoms with E-state index in [0.717, 1.165) is 11.6 Å². The lowest BCUT2D eigenvalue weighted by atomic mass is 10.2. The van der Waals surface area contributed by atoms with Crippen molar-refractivity contribution in [3.8, 4) is 0 Å². The summed E-state index contributed by atoms with van der Waals surface area (Å²) < 4.78 is 22.8. The van der Waals surface area contributed by atoms with Crippen LogP contribution in [0.5, 0.6) is 0 Å². The molecule has 0 atom stereocenters. The molecule has 2 N–H and O–H groups in total. The van der Waals surface area contributed by atoms with E-state index in [-0.39, 0.29) is 10.7 Å². The fourth-order valence-electron chi connectivity index (χ4n) is 1.41. The zero-order valence-corrected chi connectivity index (χ0v) is 8.95. The number of anilines is 1. The molecule has 0 saturated carbocycles. The number of hydrogen-bond acceptors (Lipinski definition) is 4. The van der Waals surface area contributed by atoms with E-state index >= 15 is 0 Å². The Kier molecular flexibility index (Phi) is 2.12. The molecule has 0 aliphatic rings. The summed E-state index contributed by atoms with van der Waals surface area (Å²) in [7, 11) is -3.31. The number of nitrogens with two attached hydrogens (primary N) is 1. The average molecular weight is 222 g/mol. The van der Waals surface area contributed by atoms with Crippen LogP contribution in [0.15, 0.2) is 35.2 Å². The first kappa shape index (κ1) is 9.92. The molecule has 1 heterocycles. The van der Waals surface area contributed by atoms with Gasteiger partial charge in [0.25, 0.3) is 0 Å². The van der Waals surface area contributed by atoms with E-state index in [1.54, 1.807) is 18.2 Å². The minimum absolute atomic E-state index is 0.0520. The van der Waals surface area contributed by atoms with E-state index in [0.29, 0.717) is 5.52 Å². The van der Waals surface area contributed by atoms with Crippen LogP contribution in [-0.4, -0.2) is 19.7 Å². The number of hydrogen-bond donors (Lipinski definition) is 1. The predicted octanol–water partition coefficient (Wildman–Crippen LogP) is 1.22. The maximum Gasteiger partial charge on any atom is 0.179 e. The third-order valence-electron chi connectivity index (χ3n) is 2.12. The molecule has 0 aliphatic heterocycles. The Labute approximate surface area is 87.7 Å². The number of fused-ring (bicyclic) bond motifs is 1. The number of aromatic nitrogens is 1. The molecule has 0 bridgehead atoms. The number of sulfone groups is 1. The highest BCUT2D eigenvalue weighted by atomic mass is 32.2. The summed E-state index contributed by atoms with van der Waals surface area (Å²) >= 11 is 0. The second-order valence-corrected chi connectivity index (χ2v) is 5.32. The predicted molar refractivity (Wildman–Crippen MR) is 59.3 cm³/mol. The van der Waals surface area contributed by atoms with E-state index in [1.165, 1.54) is 0 Å². The topological polar surface area (TPSA) is 73.0 Å². The quantitative estimate of drug-likeness (QED) is 0.787. The van der Waals surface area contributed by atoms with Gasteiger partial charge in [-0.1, -0.05) is 18.2 Å². The highest BCUT2D eigenvalue weighted by molar-refractivity contribution is 7.90. The van der Waals surface area contributed by atoms with E-state index in [4.69, 9.17) is 5.73 Å². The first-order chi connectivity index (χ1) is 6.98. The summed E-state index contributed by atoms with van der Waals surface area (Å²) in [5.41, 5.74) is 6.28. The number of para-hydroxylation sites is 1. The molecule has 0 aliphatic carbocycles. The van der Waals surface area contributed by atoms with Gasteiger partial charge < -0.3 is 5.73 Å². The Morgan fingerprint density at radius 1 is 1.27 bits per heavy atom. The fraction of sp³-hybridized carbons (Fsp3) is 0.100. The van der Waals surface area contributed by atoms with Gasteiger partial charge in [-0.05, 0) is 12.1 Å². The molecule has 0 unspecified atom stereocenters. The maximum absolute atomic E-state index is 11.4. The summed E-state index contributed by atoms with van der Waals surface area (Å²) in [6, 6.07) is 8.79. The molecule has 4 nitrogen and oxygen atoms in total. The number of pyridine rings is 1. The Bertz CT molecular complexity index is 620. The number of nitrogens with zero attached hydrogens (tertiary/aromatic N) is 1. The van der Waals surface area contributed by atoms with Gasteiger partial charge in [0.15, 0.2) is 9.84 Å². The van der Waals surface area contributed by atoms with Crippen LogP contribution in [-0.2, 0) is 9.84 Å². The summed E-state index contributed by atoms with van der Waals surface area (Å²) in [5, 5.41) is 0.770. The van der Waals surface area contributed by atoms with Gasteiger partial charge in [0.1, 0.15) is 10.7 Å². The van der Waals surface area contributed by atoms with Gasteiger partial charge in [-0.15, -0.1) is 0 Å². The summed E-state index contributed by atoms with van der Waals surface area (Å²) in [6.07, 6.45) is 1.12. The number of rotatable bonds is 1. The molecule has 2 aromatic rings. The van der Waals surface area contributed by atoms with Crippen molar-refractivity contribution in [2.75, 3.05) is 12.0 Å². The Hall–Kier alpha value is -1.62. The zero-order valence-electron chi connectivity index (χ0n) is 8.14. The second kappa shape index (κ2) is 3.20. The van der Waals surface area contributed by atoms with E-state index in [2.05, 4.69) is 4.98 Å². The van der Waals surface area contributed by atoms with Gasteiger partial charge in [-0.3, -0.25) is 0 Å². The van der Waals surface area contributed by atoms with Crippen LogP contribution in [0.25, 0.3) is 10.9 Å². The maximum atomic E-state index is 11.4. The van der Waals surface area contributed by atoms with Crippen molar-refractivity contribution in [2.24, 2.45) is 0 Å². The van der Waals surface area contributed by atoms with Gasteiger partial charge in [0.05, 0.1) is 5.52 Å². The highest BCUT2D eigenvalue weighted by Gasteiger charge is 2.13. The zero-order chi connectivity index (χ0) is 11.1. The molecule has 0 spiro atoms. The van der Waals surface area contributed by atoms with Gasteiger partial charge in [0, 0.05) is 11.6 Å². The van der Waals surface area contributed by atoms with Gasteiger partial charge in [-0.25, -0.2) is 13.4 Å². The standard InChI is InChI=1S/C10H10N2O2S/c1-15(13,14)9-6-7-4-2-3-5-8(7)12-10(9)11/h2-6H,1H3,(H2,11,12). The van der Waals surface area contributed by atoms with Crippen molar-refractivity contribution >= 4 is 26.6 Å². The van der Waals surface area contributed by atoms with Crippen molar-refractivity contribution in [3.63, 3.8) is 0 Å². The van der Waals surface area contributed by atoms with Crippen LogP contribution in [0.2, 0.25) is 0 Å². The van der Waals surface area contributed by atoms with Crippen molar-refractivity contribution in [1.29, 1.82) is 0 Å². The van der Waals surface area contributed by atoms with Crippen LogP contribution in [0.3, 0.4) is 0 Å². The van der Waals surface area contributed by atoms with Crippen LogP contribution in [0.1, 0.15) is 0 Å². The minimum atomic E-state index is -3.31. The van der Waals surface area contributed by atoms with Gasteiger partial charge in [-0.2, -0.15) is 0 Å². The third kappa shape index (κ3) is 1.78. The van der Waals surface area contributed by atoms with Crippen molar-refractivity contribution in [1.82, 2.24) is 4.98 Å². The van der Waals surface area contributed by atoms with Crippen LogP contribution < -0.4 is 5.73 Å². The molecule has 0 fully saturated rings. The summed E-state index contributed by atoms with van der Waals surface area (Å²) in [5.74, 6) is 0.0520. The first-order valence-electron chi connectivity index (χ1n) is 4.34. The van der Waals surface area contributed by atoms with Crippen molar-refractivity contribution in [3.05, 3.63) is 30.3 Å². The normalized spacial score (nSPS) is 11.8. The van der Waals surface area contributed by atoms with Crippen LogP contribution in [0, 0.1) is 0 Å². The molecule has 5 heteroatoms. The Morgan fingerprint density at radius 3 is 2.60 bits per heavy atom. The van der Waals surface area contributed by atoms with Crippen LogP contribution in [0.4, 0.5) is 5.82 Å². The molecule has 0 radical (unpaired) electrons. The van der Waals surface area contributed by atoms with Crippen molar-refractivity contribution < 1.29 is 8.42 Å². The number of nitrogen functional groups attached to an aromatic ring is 1. The lowest BCUT2D eigenvalue weighted by Gasteiger charge is -2.04. The van der Waals surface area contributed by atoms with Crippen LogP contribution >= 0.6 is 0 Å². The minimum Gasteiger partial charge on any atom is -0.383 e. The summed E-state index contributed by atoms with van der Waals surface area (Å²) in [6.45, 7) is 0. The molecular weight excluding hydrogens is 212 g/mol. The highest BCUT2D eigenvalue weighted by Crippen LogP contribution is 2.21. The van der Waals surface area contributed by atoms with E-state index in [1.807, 2.05) is 12.1 Å². The van der Waals surface area contributed by atoms with E-state index in [9.17, 15) is 8.42 Å². The van der Waals surface area contributed by atoms with E-state index < -0.39 is 9.84 Å². The van der Waals surface area contributed by atoms with Gasteiger partial charge >= 0.3 is 0 Å². The lowest BCUT2D eigenvalue weighted by Crippen LogP contribution is -2.04. The smallest absolute Gasteiger partial charge is 0.179 e. The molecule has 1 aromatic carbocycles. The Balaban J connectivity index is 2.84. The lowest BCUT2D eigenvalue weighted by molar-refractivity contribution is 0.602. The number of benzene rings is 1. The molecular formula is C10H10N2O2S. The summed E-state index contributed by atoms with van der Waals surface area (Å²) in [4.78, 5) is 4.13. The SMILES string of the molecule is CS(=O)(=O)c1cc2ccccc2nc1N. The Morgan fingerprint density at radius 2 is 1.93 bits per heavy atom. The monoisotopic (exact) mass is 222 g/mol. The molecule has 0 saturated heterocycles. The fourth-order valence-corrected chi connectivity index (χ4v) is 2.18. The third-order valence-corrected chi connectivity index (χ3v) is 3.24. The molecule has 0 amide bonds. The molecule has 1 aromatic heterocycles. The molecule has 2 rings (SSSR count). The van der Waals surface area contributed by atoms with Gasteiger partial charge in [0.2, 0.25) is 0 Å². The second-order valence-electron chi connectivity index (χ2n) is 3.34. The molecule has 15 heavy (non-hydrogen) atoms. The first-order valence-corrected chi connectivity index (χ1v) is 6.23. The average Bonchev–Trinajstić information content (AvgIpc) is 2.15. The largest absolute Gasteiger partial charge is 0.383 e. The van der Waals surface area contributed by atoms with Crippen molar-refractivity contribution in [2.45, 2.75) is 4.90 Å².